The topological polar surface area (TPSA) is 128 Å². The van der Waals surface area contributed by atoms with Gasteiger partial charge in [0, 0.05) is 13.2 Å². The van der Waals surface area contributed by atoms with Crippen LogP contribution in [0.1, 0.15) is 49.5 Å². The van der Waals surface area contributed by atoms with Crippen molar-refractivity contribution < 1.29 is 17.7 Å². The van der Waals surface area contributed by atoms with Crippen LogP contribution in [0.15, 0.2) is 40.0 Å². The van der Waals surface area contributed by atoms with Gasteiger partial charge in [-0.1, -0.05) is 48.5 Å². The molecule has 1 aliphatic rings. The summed E-state index contributed by atoms with van der Waals surface area (Å²) in [7, 11) is -3.46. The van der Waals surface area contributed by atoms with Crippen LogP contribution < -0.4 is 5.32 Å². The summed E-state index contributed by atoms with van der Waals surface area (Å²) in [6.45, 7) is 1.68. The Kier molecular flexibility index (Phi) is 6.76. The van der Waals surface area contributed by atoms with E-state index in [-0.39, 0.29) is 15.8 Å². The Bertz CT molecular complexity index is 1250. The summed E-state index contributed by atoms with van der Waals surface area (Å²) in [5, 5.41) is 6.74. The van der Waals surface area contributed by atoms with E-state index >= 15 is 0 Å². The Hall–Kier alpha value is -2.85. The minimum absolute atomic E-state index is 0.0473. The number of carbonyl (C=O) groups excluding carboxylic acids is 1. The summed E-state index contributed by atoms with van der Waals surface area (Å²) in [5.41, 5.74) is 1.10. The van der Waals surface area contributed by atoms with Crippen molar-refractivity contribution in [1.29, 1.82) is 0 Å². The fourth-order valence-electron chi connectivity index (χ4n) is 4.13. The van der Waals surface area contributed by atoms with Crippen molar-refractivity contribution in [2.75, 3.05) is 11.6 Å². The molecule has 0 aliphatic heterocycles. The third-order valence-corrected chi connectivity index (χ3v) is 7.36. The quantitative estimate of drug-likeness (QED) is 0.523. The molecule has 1 saturated carbocycles. The van der Waals surface area contributed by atoms with Gasteiger partial charge in [-0.25, -0.2) is 18.4 Å². The van der Waals surface area contributed by atoms with Gasteiger partial charge >= 0.3 is 0 Å². The lowest BCUT2D eigenvalue weighted by Gasteiger charge is -2.21. The number of hydrogen-bond donors (Lipinski definition) is 1. The molecule has 33 heavy (non-hydrogen) atoms. The van der Waals surface area contributed by atoms with Gasteiger partial charge in [0.05, 0.1) is 28.2 Å². The Balaban J connectivity index is 1.56. The molecule has 0 radical (unpaired) electrons. The maximum Gasteiger partial charge on any atom is 0.233 e. The number of carbonyl (C=O) groups is 1. The monoisotopic (exact) mass is 489 g/mol. The molecule has 0 unspecified atom stereocenters. The summed E-state index contributed by atoms with van der Waals surface area (Å²) < 4.78 is 28.8. The molecule has 0 bridgehead atoms. The van der Waals surface area contributed by atoms with Crippen molar-refractivity contribution in [1.82, 2.24) is 20.1 Å². The summed E-state index contributed by atoms with van der Waals surface area (Å²) in [6.07, 6.45) is 9.08. The molecular formula is C22H24ClN5O4S. The van der Waals surface area contributed by atoms with Crippen molar-refractivity contribution in [3.8, 4) is 11.5 Å². The van der Waals surface area contributed by atoms with Gasteiger partial charge in [0.1, 0.15) is 5.69 Å². The fraction of sp³-hybridized carbons (Fsp3) is 0.409. The molecule has 9 nitrogen and oxygen atoms in total. The maximum absolute atomic E-state index is 13.3. The van der Waals surface area contributed by atoms with Crippen molar-refractivity contribution in [3.05, 3.63) is 47.1 Å². The highest BCUT2D eigenvalue weighted by atomic mass is 35.5. The summed E-state index contributed by atoms with van der Waals surface area (Å²) in [5.74, 6) is 0.698. The van der Waals surface area contributed by atoms with Crippen LogP contribution in [0.3, 0.4) is 0 Å². The Morgan fingerprint density at radius 2 is 2.00 bits per heavy atom. The van der Waals surface area contributed by atoms with Crippen LogP contribution in [0.5, 0.6) is 0 Å². The first-order chi connectivity index (χ1) is 15.7. The highest BCUT2D eigenvalue weighted by Crippen LogP contribution is 2.36. The lowest BCUT2D eigenvalue weighted by Crippen LogP contribution is -2.24. The van der Waals surface area contributed by atoms with E-state index in [4.69, 9.17) is 16.1 Å². The molecule has 11 heteroatoms. The zero-order valence-corrected chi connectivity index (χ0v) is 19.9. The van der Waals surface area contributed by atoms with E-state index in [0.29, 0.717) is 41.1 Å². The molecule has 1 aromatic carbocycles. The number of nitrogens with zero attached hydrogens (tertiary/aromatic N) is 4. The number of nitrogens with one attached hydrogen (secondary N) is 1. The average Bonchev–Trinajstić information content (AvgIpc) is 3.43. The van der Waals surface area contributed by atoms with E-state index in [1.165, 1.54) is 18.5 Å². The number of halogens is 1. The number of rotatable bonds is 7. The average molecular weight is 490 g/mol. The van der Waals surface area contributed by atoms with Crippen molar-refractivity contribution in [3.63, 3.8) is 0 Å². The molecule has 3 aromatic rings. The minimum atomic E-state index is -3.46. The van der Waals surface area contributed by atoms with E-state index < -0.39 is 15.8 Å². The van der Waals surface area contributed by atoms with Gasteiger partial charge in [0.2, 0.25) is 17.6 Å². The molecule has 0 saturated heterocycles. The highest BCUT2D eigenvalue weighted by molar-refractivity contribution is 7.90. The summed E-state index contributed by atoms with van der Waals surface area (Å²) in [6, 6.07) is 4.70. The largest absolute Gasteiger partial charge is 0.339 e. The van der Waals surface area contributed by atoms with Gasteiger partial charge in [-0.05, 0) is 30.0 Å². The number of benzene rings is 1. The van der Waals surface area contributed by atoms with Gasteiger partial charge in [-0.3, -0.25) is 4.79 Å². The summed E-state index contributed by atoms with van der Waals surface area (Å²) >= 11 is 6.26. The van der Waals surface area contributed by atoms with Crippen LogP contribution >= 0.6 is 11.6 Å². The van der Waals surface area contributed by atoms with Crippen LogP contribution in [0.25, 0.3) is 11.5 Å². The molecule has 4 rings (SSSR count). The van der Waals surface area contributed by atoms with E-state index in [1.54, 1.807) is 19.1 Å². The smallest absolute Gasteiger partial charge is 0.233 e. The first-order valence-corrected chi connectivity index (χ1v) is 12.9. The van der Waals surface area contributed by atoms with Gasteiger partial charge in [-0.2, -0.15) is 4.98 Å². The van der Waals surface area contributed by atoms with Gasteiger partial charge < -0.3 is 9.84 Å². The molecule has 1 fully saturated rings. The van der Waals surface area contributed by atoms with Crippen molar-refractivity contribution >= 4 is 33.2 Å². The van der Waals surface area contributed by atoms with E-state index in [2.05, 4.69) is 25.4 Å². The van der Waals surface area contributed by atoms with Crippen LogP contribution in [0.4, 0.5) is 5.82 Å². The number of aryl methyl sites for hydroxylation is 1. The lowest BCUT2D eigenvalue weighted by molar-refractivity contribution is -0.118. The Labute approximate surface area is 196 Å². The molecule has 174 valence electrons. The lowest BCUT2D eigenvalue weighted by atomic mass is 9.87. The van der Waals surface area contributed by atoms with Crippen LogP contribution in [0.2, 0.25) is 5.02 Å². The number of aromatic nitrogens is 4. The van der Waals surface area contributed by atoms with E-state index in [1.807, 2.05) is 0 Å². The predicted octanol–water partition coefficient (Wildman–Crippen LogP) is 4.19. The summed E-state index contributed by atoms with van der Waals surface area (Å²) in [4.78, 5) is 25.9. The minimum Gasteiger partial charge on any atom is -0.339 e. The Morgan fingerprint density at radius 3 is 2.58 bits per heavy atom. The zero-order chi connectivity index (χ0) is 23.6. The molecular weight excluding hydrogens is 466 g/mol. The van der Waals surface area contributed by atoms with Crippen LogP contribution in [0, 0.1) is 12.8 Å². The molecule has 2 aromatic heterocycles. The van der Waals surface area contributed by atoms with Crippen LogP contribution in [-0.4, -0.2) is 40.7 Å². The normalized spacial score (nSPS) is 15.5. The highest BCUT2D eigenvalue weighted by Gasteiger charge is 2.28. The van der Waals surface area contributed by atoms with Crippen molar-refractivity contribution in [2.45, 2.75) is 49.8 Å². The molecule has 2 heterocycles. The number of anilines is 1. The van der Waals surface area contributed by atoms with Gasteiger partial charge in [0.25, 0.3) is 0 Å². The molecule has 1 aliphatic carbocycles. The zero-order valence-electron chi connectivity index (χ0n) is 18.3. The molecule has 1 N–H and O–H groups in total. The Morgan fingerprint density at radius 1 is 1.24 bits per heavy atom. The van der Waals surface area contributed by atoms with E-state index in [9.17, 15) is 13.2 Å². The third-order valence-electron chi connectivity index (χ3n) is 5.78. The first-order valence-electron chi connectivity index (χ1n) is 10.6. The van der Waals surface area contributed by atoms with Crippen LogP contribution in [-0.2, 0) is 14.6 Å². The number of sulfone groups is 1. The molecule has 0 spiro atoms. The predicted molar refractivity (Wildman–Crippen MR) is 123 cm³/mol. The molecule has 1 amide bonds. The fourth-order valence-corrected chi connectivity index (χ4v) is 5.47. The standard InChI is InChI=1S/C22H24ClN5O4S/c1-13-26-21(28-32-13)18-11-25-20(12-24-18)27-22(29)16(9-14-5-3-4-6-14)15-7-8-19(17(23)10-15)33(2,30)31/h7-8,10-12,14,16H,3-6,9H2,1-2H3,(H,25,27,29)/t16-/m1/s1. The first kappa shape index (κ1) is 23.3. The number of amides is 1. The SMILES string of the molecule is Cc1nc(-c2cnc(NC(=O)[C@H](CC3CCCC3)c3ccc(S(C)(=O)=O)c(Cl)c3)cn2)no1. The van der Waals surface area contributed by atoms with E-state index in [0.717, 1.165) is 31.9 Å². The van der Waals surface area contributed by atoms with Crippen molar-refractivity contribution in [2.24, 2.45) is 5.92 Å². The second kappa shape index (κ2) is 9.56. The second-order valence-electron chi connectivity index (χ2n) is 8.31. The second-order valence-corrected chi connectivity index (χ2v) is 10.7. The van der Waals surface area contributed by atoms with Gasteiger partial charge in [-0.15, -0.1) is 0 Å². The number of hydrogen-bond acceptors (Lipinski definition) is 8. The molecule has 1 atom stereocenters. The van der Waals surface area contributed by atoms with Gasteiger partial charge in [0.15, 0.2) is 15.7 Å². The maximum atomic E-state index is 13.3. The third kappa shape index (κ3) is 5.56.